The van der Waals surface area contributed by atoms with Crippen LogP contribution in [0.1, 0.15) is 45.6 Å². The largest absolute Gasteiger partial charge is 0.491 e. The lowest BCUT2D eigenvalue weighted by molar-refractivity contribution is 0.0816. The number of rotatable bonds is 11. The molecule has 0 fully saturated rings. The fraction of sp³-hybridized carbons (Fsp3) is 0.667. The summed E-state index contributed by atoms with van der Waals surface area (Å²) in [7, 11) is 0. The van der Waals surface area contributed by atoms with Crippen LogP contribution in [-0.2, 0) is 4.74 Å². The zero-order chi connectivity index (χ0) is 15.5. The summed E-state index contributed by atoms with van der Waals surface area (Å²) in [5.74, 6) is 1.53. The van der Waals surface area contributed by atoms with E-state index in [9.17, 15) is 0 Å². The van der Waals surface area contributed by atoms with Gasteiger partial charge in [0.2, 0.25) is 0 Å². The molecule has 0 aliphatic heterocycles. The first kappa shape index (κ1) is 18.0. The van der Waals surface area contributed by atoms with E-state index in [0.717, 1.165) is 38.4 Å². The van der Waals surface area contributed by atoms with E-state index in [1.54, 1.807) is 0 Å². The zero-order valence-electron chi connectivity index (χ0n) is 14.1. The number of nitrogens with zero attached hydrogens (tertiary/aromatic N) is 1. The van der Waals surface area contributed by atoms with E-state index in [1.807, 2.05) is 6.07 Å². The van der Waals surface area contributed by atoms with Gasteiger partial charge in [-0.1, -0.05) is 45.9 Å². The molecule has 0 saturated heterocycles. The molecule has 0 spiro atoms. The maximum Gasteiger partial charge on any atom is 0.122 e. The van der Waals surface area contributed by atoms with Crippen LogP contribution >= 0.6 is 0 Å². The minimum atomic E-state index is 0.532. The van der Waals surface area contributed by atoms with E-state index in [-0.39, 0.29) is 0 Å². The van der Waals surface area contributed by atoms with Crippen molar-refractivity contribution in [2.45, 2.75) is 40.0 Å². The summed E-state index contributed by atoms with van der Waals surface area (Å²) in [6.07, 6.45) is 1.13. The van der Waals surface area contributed by atoms with Crippen molar-refractivity contribution in [1.29, 1.82) is 0 Å². The molecule has 0 bridgehead atoms. The van der Waals surface area contributed by atoms with Crippen molar-refractivity contribution in [3.63, 3.8) is 0 Å². The lowest BCUT2D eigenvalue weighted by Gasteiger charge is -2.18. The highest BCUT2D eigenvalue weighted by Crippen LogP contribution is 2.28. The minimum Gasteiger partial charge on any atom is -0.491 e. The van der Waals surface area contributed by atoms with Crippen LogP contribution in [-0.4, -0.2) is 44.4 Å². The maximum absolute atomic E-state index is 5.88. The first-order valence-corrected chi connectivity index (χ1v) is 8.24. The van der Waals surface area contributed by atoms with Gasteiger partial charge in [-0.25, -0.2) is 0 Å². The lowest BCUT2D eigenvalue weighted by Crippen LogP contribution is -2.27. The highest BCUT2D eigenvalue weighted by atomic mass is 16.5. The van der Waals surface area contributed by atoms with Gasteiger partial charge in [0.05, 0.1) is 13.2 Å². The van der Waals surface area contributed by atoms with E-state index >= 15 is 0 Å². The van der Waals surface area contributed by atoms with E-state index in [1.165, 1.54) is 5.56 Å². The smallest absolute Gasteiger partial charge is 0.122 e. The van der Waals surface area contributed by atoms with Crippen LogP contribution in [0.2, 0.25) is 0 Å². The van der Waals surface area contributed by atoms with Crippen LogP contribution in [0.4, 0.5) is 0 Å². The molecule has 0 aromatic heterocycles. The molecule has 0 amide bonds. The second-order valence-corrected chi connectivity index (χ2v) is 5.33. The van der Waals surface area contributed by atoms with Gasteiger partial charge in [0.1, 0.15) is 12.4 Å². The predicted molar refractivity (Wildman–Crippen MR) is 89.3 cm³/mol. The molecule has 21 heavy (non-hydrogen) atoms. The molecule has 1 atom stereocenters. The number of ether oxygens (including phenoxy) is 2. The third-order valence-electron chi connectivity index (χ3n) is 3.99. The van der Waals surface area contributed by atoms with Crippen LogP contribution in [0.5, 0.6) is 5.75 Å². The Morgan fingerprint density at radius 1 is 1.00 bits per heavy atom. The van der Waals surface area contributed by atoms with E-state index in [0.29, 0.717) is 19.1 Å². The van der Waals surface area contributed by atoms with Gasteiger partial charge in [0.15, 0.2) is 0 Å². The van der Waals surface area contributed by atoms with Gasteiger partial charge < -0.3 is 14.4 Å². The van der Waals surface area contributed by atoms with Crippen LogP contribution in [0.25, 0.3) is 0 Å². The molecule has 0 heterocycles. The van der Waals surface area contributed by atoms with Crippen molar-refractivity contribution in [3.8, 4) is 5.75 Å². The zero-order valence-corrected chi connectivity index (χ0v) is 14.1. The Kier molecular flexibility index (Phi) is 9.11. The van der Waals surface area contributed by atoms with Crippen LogP contribution in [0, 0.1) is 0 Å². The second-order valence-electron chi connectivity index (χ2n) is 5.33. The number of benzene rings is 1. The lowest BCUT2D eigenvalue weighted by atomic mass is 9.98. The molecular formula is C18H31NO2. The quantitative estimate of drug-likeness (QED) is 0.577. The molecule has 3 nitrogen and oxygen atoms in total. The monoisotopic (exact) mass is 293 g/mol. The summed E-state index contributed by atoms with van der Waals surface area (Å²) in [6.45, 7) is 14.0. The average Bonchev–Trinajstić information content (AvgIpc) is 2.54. The van der Waals surface area contributed by atoms with Crippen LogP contribution < -0.4 is 4.74 Å². The molecule has 0 aliphatic carbocycles. The molecule has 0 unspecified atom stereocenters. The van der Waals surface area contributed by atoms with Gasteiger partial charge >= 0.3 is 0 Å². The van der Waals surface area contributed by atoms with Crippen molar-refractivity contribution in [2.24, 2.45) is 0 Å². The Balaban J connectivity index is 2.27. The molecule has 1 aromatic rings. The fourth-order valence-electron chi connectivity index (χ4n) is 2.29. The molecule has 120 valence electrons. The van der Waals surface area contributed by atoms with Gasteiger partial charge in [-0.15, -0.1) is 0 Å². The van der Waals surface area contributed by atoms with Crippen LogP contribution in [0.3, 0.4) is 0 Å². The van der Waals surface area contributed by atoms with Gasteiger partial charge in [-0.05, 0) is 37.1 Å². The Morgan fingerprint density at radius 2 is 1.71 bits per heavy atom. The summed E-state index contributed by atoms with van der Waals surface area (Å²) in [6, 6.07) is 8.32. The van der Waals surface area contributed by atoms with E-state index in [2.05, 4.69) is 50.8 Å². The summed E-state index contributed by atoms with van der Waals surface area (Å²) in [4.78, 5) is 2.36. The fourth-order valence-corrected chi connectivity index (χ4v) is 2.29. The molecule has 0 saturated carbocycles. The van der Waals surface area contributed by atoms with Crippen molar-refractivity contribution in [3.05, 3.63) is 29.8 Å². The Hall–Kier alpha value is -1.06. The summed E-state index contributed by atoms with van der Waals surface area (Å²) < 4.78 is 11.5. The molecule has 1 aromatic carbocycles. The minimum absolute atomic E-state index is 0.532. The average molecular weight is 293 g/mol. The van der Waals surface area contributed by atoms with Gasteiger partial charge in [-0.2, -0.15) is 0 Å². The summed E-state index contributed by atoms with van der Waals surface area (Å²) in [5, 5.41) is 0. The number of para-hydroxylation sites is 1. The molecule has 1 rings (SSSR count). The highest BCUT2D eigenvalue weighted by molar-refractivity contribution is 5.35. The van der Waals surface area contributed by atoms with E-state index < -0.39 is 0 Å². The number of likely N-dealkylation sites (N-methyl/N-ethyl adjacent to an activating group) is 1. The predicted octanol–water partition coefficient (Wildman–Crippen LogP) is 3.94. The highest BCUT2D eigenvalue weighted by Gasteiger charge is 2.09. The molecular weight excluding hydrogens is 262 g/mol. The maximum atomic E-state index is 5.88. The van der Waals surface area contributed by atoms with Crippen molar-refractivity contribution in [2.75, 3.05) is 39.5 Å². The third kappa shape index (κ3) is 6.49. The number of hydrogen-bond acceptors (Lipinski definition) is 3. The Labute approximate surface area is 130 Å². The van der Waals surface area contributed by atoms with Crippen molar-refractivity contribution < 1.29 is 9.47 Å². The molecule has 0 radical (unpaired) electrons. The SMILES string of the molecule is CC[C@@H](C)c1ccccc1OCCOCCN(CC)CC. The summed E-state index contributed by atoms with van der Waals surface area (Å²) >= 11 is 0. The van der Waals surface area contributed by atoms with Crippen LogP contribution in [0.15, 0.2) is 24.3 Å². The first-order chi connectivity index (χ1) is 10.2. The van der Waals surface area contributed by atoms with Crippen molar-refractivity contribution >= 4 is 0 Å². The third-order valence-corrected chi connectivity index (χ3v) is 3.99. The molecule has 3 heteroatoms. The normalized spacial score (nSPS) is 12.6. The molecule has 0 N–H and O–H groups in total. The van der Waals surface area contributed by atoms with E-state index in [4.69, 9.17) is 9.47 Å². The Bertz CT molecular complexity index is 377. The number of hydrogen-bond donors (Lipinski definition) is 0. The van der Waals surface area contributed by atoms with Gasteiger partial charge in [0.25, 0.3) is 0 Å². The van der Waals surface area contributed by atoms with Gasteiger partial charge in [0, 0.05) is 6.54 Å². The first-order valence-electron chi connectivity index (χ1n) is 8.24. The Morgan fingerprint density at radius 3 is 2.38 bits per heavy atom. The summed E-state index contributed by atoms with van der Waals surface area (Å²) in [5.41, 5.74) is 1.29. The standard InChI is InChI=1S/C18H31NO2/c1-5-16(4)17-10-8-9-11-18(17)21-15-14-20-13-12-19(6-2)7-3/h8-11,16H,5-7,12-15H2,1-4H3/t16-/m1/s1. The molecule has 0 aliphatic rings. The topological polar surface area (TPSA) is 21.7 Å². The van der Waals surface area contributed by atoms with Gasteiger partial charge in [-0.3, -0.25) is 0 Å². The van der Waals surface area contributed by atoms with Crippen molar-refractivity contribution in [1.82, 2.24) is 4.90 Å². The second kappa shape index (κ2) is 10.6.